The fourth-order valence-electron chi connectivity index (χ4n) is 2.51. The molecule has 2 atom stereocenters. The summed E-state index contributed by atoms with van der Waals surface area (Å²) in [7, 11) is -3.91. The third kappa shape index (κ3) is 3.69. The Labute approximate surface area is 133 Å². The van der Waals surface area contributed by atoms with Crippen LogP contribution >= 0.6 is 23.2 Å². The second-order valence-electron chi connectivity index (χ2n) is 5.31. The van der Waals surface area contributed by atoms with Gasteiger partial charge in [-0.3, -0.25) is 0 Å². The fourth-order valence-corrected chi connectivity index (χ4v) is 4.70. The largest absolute Gasteiger partial charge is 0.478 e. The average molecular weight is 352 g/mol. The van der Waals surface area contributed by atoms with Gasteiger partial charge in [0.2, 0.25) is 10.0 Å². The maximum absolute atomic E-state index is 12.4. The first-order valence-electron chi connectivity index (χ1n) is 6.45. The van der Waals surface area contributed by atoms with E-state index in [1.807, 2.05) is 0 Å². The minimum atomic E-state index is -3.91. The molecule has 0 radical (unpaired) electrons. The Balaban J connectivity index is 2.38. The standard InChI is InChI=1S/C13H15Cl2NO4S/c1-7-2-3-9(4-7)16-21(19,20)11-6-8(14)5-10(12(11)15)13(17)18/h5-7,9,16H,2-4H2,1H3,(H,17,18). The van der Waals surface area contributed by atoms with Gasteiger partial charge in [-0.25, -0.2) is 17.9 Å². The van der Waals surface area contributed by atoms with Crippen LogP contribution in [-0.4, -0.2) is 25.5 Å². The van der Waals surface area contributed by atoms with Crippen molar-refractivity contribution in [2.45, 2.75) is 37.1 Å². The summed E-state index contributed by atoms with van der Waals surface area (Å²) in [5.74, 6) is -0.865. The highest BCUT2D eigenvalue weighted by Gasteiger charge is 2.29. The van der Waals surface area contributed by atoms with E-state index in [1.54, 1.807) is 0 Å². The zero-order valence-electron chi connectivity index (χ0n) is 11.3. The Bertz CT molecular complexity index is 675. The highest BCUT2D eigenvalue weighted by Crippen LogP contribution is 2.31. The van der Waals surface area contributed by atoms with Crippen LogP contribution in [0.2, 0.25) is 10.0 Å². The van der Waals surface area contributed by atoms with Crippen molar-refractivity contribution >= 4 is 39.2 Å². The second kappa shape index (κ2) is 6.12. The first-order valence-corrected chi connectivity index (χ1v) is 8.69. The number of sulfonamides is 1. The van der Waals surface area contributed by atoms with Gasteiger partial charge in [0, 0.05) is 11.1 Å². The number of nitrogens with one attached hydrogen (secondary N) is 1. The number of carboxylic acids is 1. The number of rotatable bonds is 4. The summed E-state index contributed by atoms with van der Waals surface area (Å²) < 4.78 is 27.4. The molecule has 0 aromatic heterocycles. The van der Waals surface area contributed by atoms with Crippen molar-refractivity contribution in [3.8, 4) is 0 Å². The van der Waals surface area contributed by atoms with Gasteiger partial charge >= 0.3 is 5.97 Å². The summed E-state index contributed by atoms with van der Waals surface area (Å²) in [6.45, 7) is 2.06. The lowest BCUT2D eigenvalue weighted by molar-refractivity contribution is 0.0697. The van der Waals surface area contributed by atoms with Gasteiger partial charge in [-0.1, -0.05) is 30.1 Å². The van der Waals surface area contributed by atoms with Gasteiger partial charge in [0.1, 0.15) is 4.90 Å². The van der Waals surface area contributed by atoms with Crippen LogP contribution in [-0.2, 0) is 10.0 Å². The lowest BCUT2D eigenvalue weighted by Gasteiger charge is -2.15. The molecule has 2 rings (SSSR count). The molecular formula is C13H15Cl2NO4S. The molecule has 5 nitrogen and oxygen atoms in total. The maximum Gasteiger partial charge on any atom is 0.337 e. The van der Waals surface area contributed by atoms with Gasteiger partial charge in [0.15, 0.2) is 0 Å². The number of aromatic carboxylic acids is 1. The molecule has 1 saturated carbocycles. The molecule has 21 heavy (non-hydrogen) atoms. The summed E-state index contributed by atoms with van der Waals surface area (Å²) >= 11 is 11.7. The van der Waals surface area contributed by atoms with Crippen molar-refractivity contribution < 1.29 is 18.3 Å². The van der Waals surface area contributed by atoms with Crippen LogP contribution in [0.25, 0.3) is 0 Å². The molecule has 1 aliphatic carbocycles. The third-order valence-corrected chi connectivity index (χ3v) is 5.82. The van der Waals surface area contributed by atoms with Gasteiger partial charge in [-0.2, -0.15) is 0 Å². The number of hydrogen-bond donors (Lipinski definition) is 2. The Kier molecular flexibility index (Phi) is 4.82. The molecule has 1 aromatic carbocycles. The van der Waals surface area contributed by atoms with Crippen molar-refractivity contribution in [2.75, 3.05) is 0 Å². The zero-order chi connectivity index (χ0) is 15.8. The quantitative estimate of drug-likeness (QED) is 0.872. The number of carboxylic acid groups (broad SMARTS) is 1. The van der Waals surface area contributed by atoms with Crippen LogP contribution in [0.4, 0.5) is 0 Å². The highest BCUT2D eigenvalue weighted by molar-refractivity contribution is 7.89. The average Bonchev–Trinajstić information content (AvgIpc) is 2.76. The minimum Gasteiger partial charge on any atom is -0.478 e. The van der Waals surface area contributed by atoms with E-state index in [4.69, 9.17) is 28.3 Å². The Morgan fingerprint density at radius 1 is 1.33 bits per heavy atom. The smallest absolute Gasteiger partial charge is 0.337 e. The zero-order valence-corrected chi connectivity index (χ0v) is 13.6. The molecule has 0 amide bonds. The molecule has 1 aromatic rings. The van der Waals surface area contributed by atoms with Gasteiger partial charge in [-0.15, -0.1) is 0 Å². The predicted molar refractivity (Wildman–Crippen MR) is 80.5 cm³/mol. The van der Waals surface area contributed by atoms with Crippen LogP contribution in [0, 0.1) is 5.92 Å². The van der Waals surface area contributed by atoms with Crippen molar-refractivity contribution in [1.29, 1.82) is 0 Å². The van der Waals surface area contributed by atoms with Crippen molar-refractivity contribution in [2.24, 2.45) is 5.92 Å². The van der Waals surface area contributed by atoms with Gasteiger partial charge in [0.05, 0.1) is 10.6 Å². The van der Waals surface area contributed by atoms with Crippen molar-refractivity contribution in [1.82, 2.24) is 4.72 Å². The van der Waals surface area contributed by atoms with E-state index in [1.165, 1.54) is 0 Å². The lowest BCUT2D eigenvalue weighted by atomic mass is 10.1. The van der Waals surface area contributed by atoms with Gasteiger partial charge < -0.3 is 5.11 Å². The van der Waals surface area contributed by atoms with Gasteiger partial charge in [-0.05, 0) is 37.3 Å². The molecule has 0 aliphatic heterocycles. The molecule has 0 heterocycles. The number of carbonyl (C=O) groups is 1. The van der Waals surface area contributed by atoms with E-state index in [-0.39, 0.29) is 26.5 Å². The third-order valence-electron chi connectivity index (χ3n) is 3.54. The molecule has 0 saturated heterocycles. The fraction of sp³-hybridized carbons (Fsp3) is 0.462. The number of hydrogen-bond acceptors (Lipinski definition) is 3. The summed E-state index contributed by atoms with van der Waals surface area (Å²) in [4.78, 5) is 10.8. The Morgan fingerprint density at radius 2 is 2.00 bits per heavy atom. The van der Waals surface area contributed by atoms with Crippen molar-refractivity contribution in [3.05, 3.63) is 27.7 Å². The molecule has 0 bridgehead atoms. The normalized spacial score (nSPS) is 22.4. The van der Waals surface area contributed by atoms with Crippen LogP contribution in [0.3, 0.4) is 0 Å². The van der Waals surface area contributed by atoms with Crippen LogP contribution in [0.1, 0.15) is 36.5 Å². The molecule has 8 heteroatoms. The van der Waals surface area contributed by atoms with E-state index in [0.29, 0.717) is 5.92 Å². The first kappa shape index (κ1) is 16.5. The van der Waals surface area contributed by atoms with Crippen LogP contribution in [0.15, 0.2) is 17.0 Å². The highest BCUT2D eigenvalue weighted by atomic mass is 35.5. The van der Waals surface area contributed by atoms with E-state index in [0.717, 1.165) is 31.4 Å². The molecule has 2 N–H and O–H groups in total. The Morgan fingerprint density at radius 3 is 2.52 bits per heavy atom. The molecule has 0 spiro atoms. The maximum atomic E-state index is 12.4. The van der Waals surface area contributed by atoms with Crippen LogP contribution < -0.4 is 4.72 Å². The number of halogens is 2. The Hall–Kier alpha value is -0.820. The van der Waals surface area contributed by atoms with Gasteiger partial charge in [0.25, 0.3) is 0 Å². The van der Waals surface area contributed by atoms with E-state index in [9.17, 15) is 13.2 Å². The van der Waals surface area contributed by atoms with E-state index in [2.05, 4.69) is 11.6 Å². The van der Waals surface area contributed by atoms with Crippen molar-refractivity contribution in [3.63, 3.8) is 0 Å². The summed E-state index contributed by atoms with van der Waals surface area (Å²) in [6, 6.07) is 2.13. The van der Waals surface area contributed by atoms with E-state index >= 15 is 0 Å². The molecule has 1 aliphatic rings. The van der Waals surface area contributed by atoms with E-state index < -0.39 is 16.0 Å². The molecular weight excluding hydrogens is 337 g/mol. The predicted octanol–water partition coefficient (Wildman–Crippen LogP) is 3.16. The molecule has 1 fully saturated rings. The summed E-state index contributed by atoms with van der Waals surface area (Å²) in [5.41, 5.74) is -0.329. The monoisotopic (exact) mass is 351 g/mol. The SMILES string of the molecule is CC1CCC(NS(=O)(=O)c2cc(Cl)cc(C(=O)O)c2Cl)C1. The van der Waals surface area contributed by atoms with Crippen LogP contribution in [0.5, 0.6) is 0 Å². The lowest BCUT2D eigenvalue weighted by Crippen LogP contribution is -2.33. The summed E-state index contributed by atoms with van der Waals surface area (Å²) in [6.07, 6.45) is 2.46. The first-order chi connectivity index (χ1) is 9.70. The topological polar surface area (TPSA) is 83.5 Å². The number of benzene rings is 1. The summed E-state index contributed by atoms with van der Waals surface area (Å²) in [5, 5.41) is 8.72. The molecule has 116 valence electrons. The second-order valence-corrected chi connectivity index (χ2v) is 7.80. The minimum absolute atomic E-state index is 0.0111. The molecule has 2 unspecified atom stereocenters.